The van der Waals surface area contributed by atoms with Crippen molar-refractivity contribution in [3.63, 3.8) is 0 Å². The molecule has 0 radical (unpaired) electrons. The molecular formula is C26H27BrClN3O. The molecule has 166 valence electrons. The molecule has 0 spiro atoms. The van der Waals surface area contributed by atoms with Gasteiger partial charge in [0.25, 0.3) is 0 Å². The van der Waals surface area contributed by atoms with Crippen LogP contribution in [0.15, 0.2) is 83.3 Å². The average molecular weight is 513 g/mol. The maximum absolute atomic E-state index is 13.4. The number of nitrogens with zero attached hydrogens (tertiary/aromatic N) is 2. The number of piperidine rings is 1. The second kappa shape index (κ2) is 11.0. The van der Waals surface area contributed by atoms with Crippen molar-refractivity contribution in [2.45, 2.75) is 32.0 Å². The highest BCUT2D eigenvalue weighted by molar-refractivity contribution is 9.10. The van der Waals surface area contributed by atoms with Gasteiger partial charge in [0.05, 0.1) is 0 Å². The Morgan fingerprint density at radius 3 is 2.44 bits per heavy atom. The maximum Gasteiger partial charge on any atom is 0.322 e. The smallest absolute Gasteiger partial charge is 0.317 e. The van der Waals surface area contributed by atoms with Gasteiger partial charge < -0.3 is 10.2 Å². The third-order valence-electron chi connectivity index (χ3n) is 5.88. The van der Waals surface area contributed by atoms with Gasteiger partial charge in [-0.3, -0.25) is 4.90 Å². The number of anilines is 1. The highest BCUT2D eigenvalue weighted by Crippen LogP contribution is 2.25. The molecule has 1 saturated heterocycles. The summed E-state index contributed by atoms with van der Waals surface area (Å²) in [5, 5.41) is 3.76. The van der Waals surface area contributed by atoms with Crippen LogP contribution in [0.4, 0.5) is 10.5 Å². The highest BCUT2D eigenvalue weighted by Gasteiger charge is 2.28. The lowest BCUT2D eigenvalue weighted by atomic mass is 10.0. The Morgan fingerprint density at radius 2 is 1.72 bits per heavy atom. The lowest BCUT2D eigenvalue weighted by Crippen LogP contribution is -2.48. The maximum atomic E-state index is 13.4. The summed E-state index contributed by atoms with van der Waals surface area (Å²) < 4.78 is 0.933. The van der Waals surface area contributed by atoms with Crippen LogP contribution in [-0.4, -0.2) is 35.0 Å². The average Bonchev–Trinajstić information content (AvgIpc) is 2.80. The van der Waals surface area contributed by atoms with Gasteiger partial charge in [-0.2, -0.15) is 0 Å². The molecule has 2 amide bonds. The van der Waals surface area contributed by atoms with E-state index in [2.05, 4.69) is 50.4 Å². The number of carbonyl (C=O) groups is 1. The molecule has 4 rings (SSSR count). The van der Waals surface area contributed by atoms with E-state index in [-0.39, 0.29) is 12.1 Å². The van der Waals surface area contributed by atoms with E-state index >= 15 is 0 Å². The summed E-state index contributed by atoms with van der Waals surface area (Å²) in [4.78, 5) is 17.8. The van der Waals surface area contributed by atoms with Crippen molar-refractivity contribution < 1.29 is 4.79 Å². The largest absolute Gasteiger partial charge is 0.322 e. The number of likely N-dealkylation sites (tertiary alicyclic amines) is 1. The number of hydrogen-bond acceptors (Lipinski definition) is 2. The Kier molecular flexibility index (Phi) is 7.85. The number of hydrogen-bond donors (Lipinski definition) is 1. The summed E-state index contributed by atoms with van der Waals surface area (Å²) in [6.07, 6.45) is 1.87. The van der Waals surface area contributed by atoms with Gasteiger partial charge in [-0.15, -0.1) is 0 Å². The van der Waals surface area contributed by atoms with Gasteiger partial charge in [0.1, 0.15) is 0 Å². The van der Waals surface area contributed by atoms with Crippen LogP contribution < -0.4 is 5.32 Å². The van der Waals surface area contributed by atoms with Gasteiger partial charge in [-0.05, 0) is 48.2 Å². The van der Waals surface area contributed by atoms with E-state index < -0.39 is 0 Å². The molecule has 6 heteroatoms. The number of rotatable bonds is 6. The van der Waals surface area contributed by atoms with Gasteiger partial charge in [0.15, 0.2) is 0 Å². The topological polar surface area (TPSA) is 35.6 Å². The quantitative estimate of drug-likeness (QED) is 0.394. The zero-order chi connectivity index (χ0) is 22.3. The normalized spacial score (nSPS) is 14.8. The van der Waals surface area contributed by atoms with Crippen LogP contribution in [0.2, 0.25) is 5.02 Å². The summed E-state index contributed by atoms with van der Waals surface area (Å²) >= 11 is 9.91. The van der Waals surface area contributed by atoms with Crippen LogP contribution in [0.5, 0.6) is 0 Å². The fourth-order valence-corrected chi connectivity index (χ4v) is 4.76. The molecule has 0 unspecified atom stereocenters. The summed E-state index contributed by atoms with van der Waals surface area (Å²) in [6.45, 7) is 3.36. The van der Waals surface area contributed by atoms with E-state index in [1.54, 1.807) is 0 Å². The molecule has 0 aliphatic carbocycles. The van der Waals surface area contributed by atoms with Crippen molar-refractivity contribution in [2.75, 3.05) is 18.4 Å². The minimum atomic E-state index is -0.0930. The summed E-state index contributed by atoms with van der Waals surface area (Å²) in [5.41, 5.74) is 3.06. The number of nitrogens with one attached hydrogen (secondary N) is 1. The Balaban J connectivity index is 1.46. The minimum Gasteiger partial charge on any atom is -0.317 e. The van der Waals surface area contributed by atoms with Crippen molar-refractivity contribution in [3.8, 4) is 0 Å². The van der Waals surface area contributed by atoms with Gasteiger partial charge in [-0.1, -0.05) is 82.1 Å². The zero-order valence-corrected chi connectivity index (χ0v) is 20.2. The van der Waals surface area contributed by atoms with E-state index in [1.807, 2.05) is 59.5 Å². The Bertz CT molecular complexity index is 1040. The Hall–Kier alpha value is -2.34. The Labute approximate surface area is 203 Å². The van der Waals surface area contributed by atoms with Gasteiger partial charge in [0, 0.05) is 47.4 Å². The number of benzene rings is 3. The molecule has 0 bridgehead atoms. The second-order valence-corrected chi connectivity index (χ2v) is 9.48. The second-order valence-electron chi connectivity index (χ2n) is 8.15. The number of carbonyl (C=O) groups excluding carboxylic acids is 1. The number of amides is 2. The predicted octanol–water partition coefficient (Wildman–Crippen LogP) is 6.80. The third-order valence-corrected chi connectivity index (χ3v) is 6.74. The van der Waals surface area contributed by atoms with Crippen molar-refractivity contribution in [1.29, 1.82) is 0 Å². The van der Waals surface area contributed by atoms with Crippen LogP contribution in [0.25, 0.3) is 0 Å². The van der Waals surface area contributed by atoms with Crippen molar-refractivity contribution in [2.24, 2.45) is 0 Å². The molecule has 1 heterocycles. The fraction of sp³-hybridized carbons (Fsp3) is 0.269. The Morgan fingerprint density at radius 1 is 1.00 bits per heavy atom. The molecule has 0 aromatic heterocycles. The van der Waals surface area contributed by atoms with Crippen molar-refractivity contribution in [1.82, 2.24) is 9.80 Å². The molecule has 32 heavy (non-hydrogen) atoms. The van der Waals surface area contributed by atoms with Gasteiger partial charge in [-0.25, -0.2) is 4.79 Å². The molecule has 3 aromatic carbocycles. The summed E-state index contributed by atoms with van der Waals surface area (Å²) in [7, 11) is 0. The van der Waals surface area contributed by atoms with Crippen LogP contribution in [-0.2, 0) is 13.1 Å². The first-order valence-corrected chi connectivity index (χ1v) is 12.1. The first-order chi connectivity index (χ1) is 15.6. The van der Waals surface area contributed by atoms with E-state index in [4.69, 9.17) is 11.6 Å². The van der Waals surface area contributed by atoms with E-state index in [9.17, 15) is 4.79 Å². The third kappa shape index (κ3) is 6.12. The number of urea groups is 1. The van der Waals surface area contributed by atoms with Crippen LogP contribution in [0.3, 0.4) is 0 Å². The molecule has 4 nitrogen and oxygen atoms in total. The summed E-state index contributed by atoms with van der Waals surface area (Å²) in [6, 6.07) is 26.0. The molecule has 1 aliphatic rings. The molecule has 1 aliphatic heterocycles. The highest BCUT2D eigenvalue weighted by atomic mass is 79.9. The van der Waals surface area contributed by atoms with Crippen LogP contribution in [0.1, 0.15) is 24.0 Å². The fourth-order valence-electron chi connectivity index (χ4n) is 4.17. The molecule has 1 N–H and O–H groups in total. The van der Waals surface area contributed by atoms with Gasteiger partial charge >= 0.3 is 6.03 Å². The lowest BCUT2D eigenvalue weighted by molar-refractivity contribution is 0.120. The first-order valence-electron chi connectivity index (χ1n) is 10.9. The number of halogens is 2. The minimum absolute atomic E-state index is 0.0930. The monoisotopic (exact) mass is 511 g/mol. The van der Waals surface area contributed by atoms with Crippen LogP contribution >= 0.6 is 27.5 Å². The zero-order valence-electron chi connectivity index (χ0n) is 17.9. The first kappa shape index (κ1) is 22.8. The molecule has 3 aromatic rings. The molecule has 0 atom stereocenters. The molecular weight excluding hydrogens is 486 g/mol. The van der Waals surface area contributed by atoms with Gasteiger partial charge in [0.2, 0.25) is 0 Å². The summed E-state index contributed by atoms with van der Waals surface area (Å²) in [5.74, 6) is 0. The van der Waals surface area contributed by atoms with Crippen LogP contribution in [0, 0.1) is 0 Å². The van der Waals surface area contributed by atoms with E-state index in [0.717, 1.165) is 48.2 Å². The van der Waals surface area contributed by atoms with Crippen molar-refractivity contribution in [3.05, 3.63) is 99.5 Å². The molecule has 1 fully saturated rings. The van der Waals surface area contributed by atoms with E-state index in [1.165, 1.54) is 5.56 Å². The standard InChI is InChI=1S/C26H27BrClN3O/c27-22-10-6-11-23(17-22)29-26(32)31(19-21-9-4-5-12-25(21)28)24-13-15-30(16-14-24)18-20-7-2-1-3-8-20/h1-12,17,24H,13-16,18-19H2,(H,29,32). The lowest BCUT2D eigenvalue weighted by Gasteiger charge is -2.38. The van der Waals surface area contributed by atoms with Crippen molar-refractivity contribution >= 4 is 39.2 Å². The van der Waals surface area contributed by atoms with E-state index in [0.29, 0.717) is 11.6 Å². The predicted molar refractivity (Wildman–Crippen MR) is 135 cm³/mol. The molecule has 0 saturated carbocycles. The SMILES string of the molecule is O=C(Nc1cccc(Br)c1)N(Cc1ccccc1Cl)C1CCN(Cc2ccccc2)CC1.